The van der Waals surface area contributed by atoms with Crippen LogP contribution in [0.3, 0.4) is 0 Å². The first-order valence-corrected chi connectivity index (χ1v) is 8.48. The van der Waals surface area contributed by atoms with E-state index in [0.29, 0.717) is 5.82 Å². The zero-order valence-electron chi connectivity index (χ0n) is 14.7. The number of anilines is 2. The smallest absolute Gasteiger partial charge is 0.162 e. The third-order valence-corrected chi connectivity index (χ3v) is 4.27. The predicted molar refractivity (Wildman–Crippen MR) is 106 cm³/mol. The Labute approximate surface area is 152 Å². The number of hydrogen-bond donors (Lipinski definition) is 1. The van der Waals surface area contributed by atoms with Gasteiger partial charge in [-0.15, -0.1) is 0 Å². The van der Waals surface area contributed by atoms with Crippen molar-refractivity contribution >= 4 is 22.4 Å². The average Bonchev–Trinajstić information content (AvgIpc) is 2.69. The molecule has 0 atom stereocenters. The molecule has 3 aromatic carbocycles. The normalized spacial score (nSPS) is 10.7. The largest absolute Gasteiger partial charge is 0.495 e. The zero-order chi connectivity index (χ0) is 17.9. The fourth-order valence-corrected chi connectivity index (χ4v) is 2.88. The molecule has 1 heterocycles. The van der Waals surface area contributed by atoms with Crippen LogP contribution in [-0.4, -0.2) is 17.1 Å². The Balaban J connectivity index is 1.86. The summed E-state index contributed by atoms with van der Waals surface area (Å²) in [5.41, 5.74) is 3.97. The number of hydrogen-bond acceptors (Lipinski definition) is 4. The molecule has 128 valence electrons. The lowest BCUT2D eigenvalue weighted by molar-refractivity contribution is 0.417. The molecule has 0 aliphatic heterocycles. The first-order valence-electron chi connectivity index (χ1n) is 8.48. The molecule has 1 N–H and O–H groups in total. The molecule has 0 saturated heterocycles. The third-order valence-electron chi connectivity index (χ3n) is 4.27. The maximum Gasteiger partial charge on any atom is 0.162 e. The summed E-state index contributed by atoms with van der Waals surface area (Å²) >= 11 is 0. The van der Waals surface area contributed by atoms with Gasteiger partial charge in [0.2, 0.25) is 0 Å². The number of methoxy groups -OCH3 is 1. The van der Waals surface area contributed by atoms with Crippen LogP contribution in [0.15, 0.2) is 72.8 Å². The van der Waals surface area contributed by atoms with Crippen molar-refractivity contribution in [1.29, 1.82) is 0 Å². The second-order valence-corrected chi connectivity index (χ2v) is 6.10. The molecule has 1 aromatic heterocycles. The second kappa shape index (κ2) is 6.84. The van der Waals surface area contributed by atoms with Crippen LogP contribution in [0.5, 0.6) is 5.75 Å². The third kappa shape index (κ3) is 3.09. The Morgan fingerprint density at radius 2 is 1.54 bits per heavy atom. The predicted octanol–water partition coefficient (Wildman–Crippen LogP) is 5.36. The summed E-state index contributed by atoms with van der Waals surface area (Å²) in [7, 11) is 1.66. The molecule has 0 fully saturated rings. The van der Waals surface area contributed by atoms with E-state index in [2.05, 4.69) is 24.4 Å². The van der Waals surface area contributed by atoms with Crippen LogP contribution in [0.4, 0.5) is 11.5 Å². The standard InChI is InChI=1S/C22H19N3O/c1-15-11-13-16(14-12-15)21-23-18-8-4-3-7-17(18)22(25-21)24-19-9-5-6-10-20(19)26-2/h3-14H,1-2H3,(H,23,24,25). The molecule has 0 aliphatic carbocycles. The number of fused-ring (bicyclic) bond motifs is 1. The summed E-state index contributed by atoms with van der Waals surface area (Å²) in [5, 5.41) is 4.38. The van der Waals surface area contributed by atoms with Gasteiger partial charge in [-0.2, -0.15) is 0 Å². The van der Waals surface area contributed by atoms with Crippen LogP contribution in [0, 0.1) is 6.92 Å². The van der Waals surface area contributed by atoms with Crippen molar-refractivity contribution in [2.24, 2.45) is 0 Å². The van der Waals surface area contributed by atoms with E-state index in [9.17, 15) is 0 Å². The summed E-state index contributed by atoms with van der Waals surface area (Å²) in [6.07, 6.45) is 0. The molecule has 4 heteroatoms. The quantitative estimate of drug-likeness (QED) is 0.543. The molecule has 0 aliphatic rings. The number of para-hydroxylation sites is 3. The lowest BCUT2D eigenvalue weighted by Gasteiger charge is -2.13. The molecule has 0 unspecified atom stereocenters. The van der Waals surface area contributed by atoms with Crippen LogP contribution in [0.25, 0.3) is 22.3 Å². The second-order valence-electron chi connectivity index (χ2n) is 6.10. The van der Waals surface area contributed by atoms with Gasteiger partial charge in [0.15, 0.2) is 5.82 Å². The fraction of sp³-hybridized carbons (Fsp3) is 0.0909. The number of aryl methyl sites for hydroxylation is 1. The van der Waals surface area contributed by atoms with Crippen molar-refractivity contribution in [1.82, 2.24) is 9.97 Å². The summed E-state index contributed by atoms with van der Waals surface area (Å²) in [6.45, 7) is 2.07. The lowest BCUT2D eigenvalue weighted by Crippen LogP contribution is -2.00. The molecule has 0 saturated carbocycles. The van der Waals surface area contributed by atoms with Crippen LogP contribution in [0.2, 0.25) is 0 Å². The topological polar surface area (TPSA) is 47.0 Å². The Kier molecular flexibility index (Phi) is 4.23. The van der Waals surface area contributed by atoms with E-state index in [-0.39, 0.29) is 0 Å². The van der Waals surface area contributed by atoms with Crippen molar-refractivity contribution in [2.75, 3.05) is 12.4 Å². The van der Waals surface area contributed by atoms with Crippen molar-refractivity contribution in [2.45, 2.75) is 6.92 Å². The van der Waals surface area contributed by atoms with Gasteiger partial charge in [0, 0.05) is 10.9 Å². The average molecular weight is 341 g/mol. The first-order chi connectivity index (χ1) is 12.7. The summed E-state index contributed by atoms with van der Waals surface area (Å²) in [5.74, 6) is 2.23. The zero-order valence-corrected chi connectivity index (χ0v) is 14.7. The maximum atomic E-state index is 5.45. The highest BCUT2D eigenvalue weighted by Crippen LogP contribution is 2.31. The molecular weight excluding hydrogens is 322 g/mol. The van der Waals surface area contributed by atoms with Gasteiger partial charge in [0.1, 0.15) is 11.6 Å². The Morgan fingerprint density at radius 3 is 2.35 bits per heavy atom. The van der Waals surface area contributed by atoms with E-state index in [1.165, 1.54) is 5.56 Å². The van der Waals surface area contributed by atoms with Gasteiger partial charge >= 0.3 is 0 Å². The summed E-state index contributed by atoms with van der Waals surface area (Å²) in [4.78, 5) is 9.53. The molecule has 4 nitrogen and oxygen atoms in total. The van der Waals surface area contributed by atoms with E-state index in [0.717, 1.165) is 33.7 Å². The number of rotatable bonds is 4. The number of benzene rings is 3. The van der Waals surface area contributed by atoms with Gasteiger partial charge in [-0.3, -0.25) is 0 Å². The van der Waals surface area contributed by atoms with Gasteiger partial charge in [0.25, 0.3) is 0 Å². The highest BCUT2D eigenvalue weighted by Gasteiger charge is 2.11. The van der Waals surface area contributed by atoms with E-state index >= 15 is 0 Å². The summed E-state index contributed by atoms with van der Waals surface area (Å²) in [6, 6.07) is 24.0. The Morgan fingerprint density at radius 1 is 0.808 bits per heavy atom. The van der Waals surface area contributed by atoms with Crippen LogP contribution in [-0.2, 0) is 0 Å². The fourth-order valence-electron chi connectivity index (χ4n) is 2.88. The number of ether oxygens (including phenoxy) is 1. The van der Waals surface area contributed by atoms with Gasteiger partial charge in [-0.05, 0) is 31.2 Å². The molecule has 26 heavy (non-hydrogen) atoms. The van der Waals surface area contributed by atoms with Crippen molar-refractivity contribution in [3.63, 3.8) is 0 Å². The van der Waals surface area contributed by atoms with E-state index in [1.54, 1.807) is 7.11 Å². The minimum Gasteiger partial charge on any atom is -0.495 e. The van der Waals surface area contributed by atoms with Crippen LogP contribution in [0.1, 0.15) is 5.56 Å². The van der Waals surface area contributed by atoms with Gasteiger partial charge in [-0.25, -0.2) is 9.97 Å². The van der Waals surface area contributed by atoms with Gasteiger partial charge in [0.05, 0.1) is 18.3 Å². The molecule has 4 aromatic rings. The number of nitrogens with zero attached hydrogens (tertiary/aromatic N) is 2. The van der Waals surface area contributed by atoms with Crippen LogP contribution >= 0.6 is 0 Å². The first kappa shape index (κ1) is 16.1. The Hall–Kier alpha value is -3.40. The van der Waals surface area contributed by atoms with E-state index < -0.39 is 0 Å². The van der Waals surface area contributed by atoms with E-state index in [4.69, 9.17) is 14.7 Å². The number of nitrogens with one attached hydrogen (secondary N) is 1. The van der Waals surface area contributed by atoms with Crippen molar-refractivity contribution in [3.05, 3.63) is 78.4 Å². The van der Waals surface area contributed by atoms with Crippen LogP contribution < -0.4 is 10.1 Å². The molecule has 0 radical (unpaired) electrons. The molecule has 0 amide bonds. The Bertz CT molecular complexity index is 1060. The highest BCUT2D eigenvalue weighted by atomic mass is 16.5. The van der Waals surface area contributed by atoms with Crippen molar-refractivity contribution in [3.8, 4) is 17.1 Å². The summed E-state index contributed by atoms with van der Waals surface area (Å²) < 4.78 is 5.45. The minimum absolute atomic E-state index is 0.695. The SMILES string of the molecule is COc1ccccc1Nc1nc(-c2ccc(C)cc2)nc2ccccc12. The van der Waals surface area contributed by atoms with Gasteiger partial charge < -0.3 is 10.1 Å². The molecule has 0 spiro atoms. The monoisotopic (exact) mass is 341 g/mol. The van der Waals surface area contributed by atoms with Gasteiger partial charge in [-0.1, -0.05) is 54.1 Å². The molecule has 0 bridgehead atoms. The minimum atomic E-state index is 0.695. The highest BCUT2D eigenvalue weighted by molar-refractivity contribution is 5.92. The molecular formula is C22H19N3O. The maximum absolute atomic E-state index is 5.45. The number of aromatic nitrogens is 2. The van der Waals surface area contributed by atoms with Crippen molar-refractivity contribution < 1.29 is 4.74 Å². The molecule has 4 rings (SSSR count). The lowest BCUT2D eigenvalue weighted by atomic mass is 10.1. The van der Waals surface area contributed by atoms with E-state index in [1.807, 2.05) is 60.7 Å².